The van der Waals surface area contributed by atoms with Crippen molar-refractivity contribution < 1.29 is 34.4 Å². The number of allylic oxidation sites excluding steroid dienone is 2. The van der Waals surface area contributed by atoms with Crippen molar-refractivity contribution in [2.75, 3.05) is 0 Å². The van der Waals surface area contributed by atoms with E-state index in [0.29, 0.717) is 5.92 Å². The van der Waals surface area contributed by atoms with Gasteiger partial charge in [0.15, 0.2) is 5.78 Å². The van der Waals surface area contributed by atoms with Crippen LogP contribution >= 0.6 is 0 Å². The Hall–Kier alpha value is -2.75. The fourth-order valence-corrected chi connectivity index (χ4v) is 6.25. The number of aromatic nitrogens is 1. The van der Waals surface area contributed by atoms with Gasteiger partial charge in [-0.05, 0) is 60.8 Å². The molecule has 5 rings (SSSR count). The number of fused-ring (bicyclic) bond motifs is 2. The molecule has 2 aromatic carbocycles. The molecule has 0 aliphatic heterocycles. The Morgan fingerprint density at radius 1 is 0.976 bits per heavy atom. The topological polar surface area (TPSA) is 63.3 Å². The third kappa shape index (κ3) is 6.01. The zero-order valence-corrected chi connectivity index (χ0v) is 29.0. The van der Waals surface area contributed by atoms with E-state index in [0.717, 1.165) is 59.1 Å². The molecule has 0 spiro atoms. The van der Waals surface area contributed by atoms with Gasteiger partial charge in [0.1, 0.15) is 11.2 Å². The molecule has 0 unspecified atom stereocenters. The largest absolute Gasteiger partial charge is 0.512 e. The van der Waals surface area contributed by atoms with Gasteiger partial charge in [-0.15, -0.1) is 35.4 Å². The predicted molar refractivity (Wildman–Crippen MR) is 171 cm³/mol. The summed E-state index contributed by atoms with van der Waals surface area (Å²) in [6.45, 7) is 19.2. The molecule has 5 heteroatoms. The van der Waals surface area contributed by atoms with Gasteiger partial charge in [-0.25, -0.2) is 0 Å². The summed E-state index contributed by atoms with van der Waals surface area (Å²) in [5, 5.41) is 12.1. The minimum atomic E-state index is -0.147. The normalized spacial score (nSPS) is 13.8. The molecule has 0 bridgehead atoms. The number of aryl methyl sites for hydroxylation is 1. The molecule has 1 radical (unpaired) electrons. The molecule has 1 aliphatic rings. The van der Waals surface area contributed by atoms with Crippen LogP contribution in [0.1, 0.15) is 109 Å². The van der Waals surface area contributed by atoms with Crippen LogP contribution in [0.15, 0.2) is 52.8 Å². The van der Waals surface area contributed by atoms with Crippen molar-refractivity contribution in [2.45, 2.75) is 99.3 Å². The van der Waals surface area contributed by atoms with Gasteiger partial charge in [-0.3, -0.25) is 4.79 Å². The number of carbonyl (C=O) groups is 1. The van der Waals surface area contributed by atoms with Crippen molar-refractivity contribution in [2.24, 2.45) is 11.8 Å². The number of furan rings is 1. The van der Waals surface area contributed by atoms with Gasteiger partial charge < -0.3 is 14.5 Å². The van der Waals surface area contributed by atoms with Crippen LogP contribution in [-0.2, 0) is 30.3 Å². The van der Waals surface area contributed by atoms with Crippen LogP contribution in [-0.4, -0.2) is 15.9 Å². The van der Waals surface area contributed by atoms with Crippen LogP contribution in [0.5, 0.6) is 0 Å². The number of pyridine rings is 1. The molecule has 227 valence electrons. The Morgan fingerprint density at radius 2 is 1.62 bits per heavy atom. The Kier molecular flexibility index (Phi) is 11.0. The maximum Gasteiger partial charge on any atom is 0.162 e. The summed E-state index contributed by atoms with van der Waals surface area (Å²) in [6.07, 6.45) is 6.83. The van der Waals surface area contributed by atoms with Gasteiger partial charge in [0.25, 0.3) is 0 Å². The smallest absolute Gasteiger partial charge is 0.162 e. The zero-order chi connectivity index (χ0) is 30.1. The van der Waals surface area contributed by atoms with Crippen molar-refractivity contribution in [3.63, 3.8) is 0 Å². The summed E-state index contributed by atoms with van der Waals surface area (Å²) in [6, 6.07) is 14.3. The Labute approximate surface area is 265 Å². The number of aliphatic hydroxyl groups excluding tert-OH is 1. The zero-order valence-electron chi connectivity index (χ0n) is 26.6. The first kappa shape index (κ1) is 33.7. The summed E-state index contributed by atoms with van der Waals surface area (Å²) in [7, 11) is 0. The van der Waals surface area contributed by atoms with E-state index in [4.69, 9.17) is 9.40 Å². The van der Waals surface area contributed by atoms with E-state index >= 15 is 0 Å². The molecule has 0 amide bonds. The molecule has 4 nitrogen and oxygen atoms in total. The third-order valence-electron chi connectivity index (χ3n) is 9.00. The number of carbonyl (C=O) groups excluding carboxylic acids is 1. The Balaban J connectivity index is 0.000000263. The van der Waals surface area contributed by atoms with E-state index < -0.39 is 0 Å². The van der Waals surface area contributed by atoms with E-state index in [1.807, 2.05) is 40.0 Å². The molecular formula is C37H46IrNO3-. The van der Waals surface area contributed by atoms with Gasteiger partial charge >= 0.3 is 0 Å². The van der Waals surface area contributed by atoms with E-state index in [1.54, 1.807) is 0 Å². The number of hydrogen-bond acceptors (Lipinski definition) is 4. The third-order valence-corrected chi connectivity index (χ3v) is 9.00. The molecule has 2 aromatic heterocycles. The van der Waals surface area contributed by atoms with Crippen molar-refractivity contribution in [3.05, 3.63) is 76.7 Å². The second kappa shape index (κ2) is 13.7. The number of nitrogens with zero attached hydrogens (tertiary/aromatic N) is 1. The van der Waals surface area contributed by atoms with E-state index in [9.17, 15) is 9.90 Å². The molecule has 0 saturated carbocycles. The van der Waals surface area contributed by atoms with Crippen molar-refractivity contribution in [3.8, 4) is 11.3 Å². The molecule has 2 heterocycles. The van der Waals surface area contributed by atoms with Crippen molar-refractivity contribution in [1.29, 1.82) is 0 Å². The molecule has 0 saturated heterocycles. The SMILES string of the molecule is CCC(CC)C(=O)/C=C(\O)C(CC)CC.Cc1cnc2c3c1oc1c(C(C)C)ccc(c13)C(C)(C)c1ccc[c-]c1-2.[Ir]. The first-order valence-corrected chi connectivity index (χ1v) is 15.3. The Bertz CT molecular complexity index is 1590. The number of ketones is 1. The fraction of sp³-hybridized carbons (Fsp3) is 0.459. The molecule has 1 aliphatic carbocycles. The van der Waals surface area contributed by atoms with E-state index in [-0.39, 0.29) is 48.9 Å². The van der Waals surface area contributed by atoms with Gasteiger partial charge in [0, 0.05) is 60.5 Å². The average Bonchev–Trinajstić information content (AvgIpc) is 3.32. The molecule has 4 aromatic rings. The summed E-state index contributed by atoms with van der Waals surface area (Å²) in [5.74, 6) is 0.952. The van der Waals surface area contributed by atoms with Crippen LogP contribution in [0.3, 0.4) is 0 Å². The Morgan fingerprint density at radius 3 is 2.21 bits per heavy atom. The molecule has 1 N–H and O–H groups in total. The minimum absolute atomic E-state index is 0. The molecular weight excluding hydrogens is 699 g/mol. The fourth-order valence-electron chi connectivity index (χ4n) is 6.25. The number of benzene rings is 2. The summed E-state index contributed by atoms with van der Waals surface area (Å²) >= 11 is 0. The average molecular weight is 745 g/mol. The first-order chi connectivity index (χ1) is 19.5. The van der Waals surface area contributed by atoms with Crippen LogP contribution in [0.25, 0.3) is 33.2 Å². The maximum absolute atomic E-state index is 11.7. The van der Waals surface area contributed by atoms with Crippen LogP contribution in [0.2, 0.25) is 0 Å². The minimum Gasteiger partial charge on any atom is -0.512 e. The van der Waals surface area contributed by atoms with E-state index in [1.165, 1.54) is 28.2 Å². The standard InChI is InChI=1S/C24H22NO.C13H24O2.Ir/c1-13(2)15-10-11-18-19-20-21(25-12-14(3)22(20)26-23(15)19)16-8-6-7-9-17(16)24(18,4)5;1-5-10(6-2)12(14)9-13(15)11(7-3)8-4;/h6-7,9-13H,1-5H3;9-11,14H,5-8H2,1-4H3;/q-1;;/b;12-9-;. The van der Waals surface area contributed by atoms with Crippen molar-refractivity contribution in [1.82, 2.24) is 4.98 Å². The summed E-state index contributed by atoms with van der Waals surface area (Å²) in [4.78, 5) is 16.6. The maximum atomic E-state index is 11.7. The predicted octanol–water partition coefficient (Wildman–Crippen LogP) is 10.4. The monoisotopic (exact) mass is 745 g/mol. The summed E-state index contributed by atoms with van der Waals surface area (Å²) in [5.41, 5.74) is 8.83. The quantitative estimate of drug-likeness (QED) is 0.111. The van der Waals surface area contributed by atoms with Crippen LogP contribution in [0, 0.1) is 24.8 Å². The molecule has 0 fully saturated rings. The second-order valence-electron chi connectivity index (χ2n) is 12.2. The van der Waals surface area contributed by atoms with Gasteiger partial charge in [0.2, 0.25) is 0 Å². The van der Waals surface area contributed by atoms with Gasteiger partial charge in [-0.2, -0.15) is 0 Å². The van der Waals surface area contributed by atoms with Crippen molar-refractivity contribution >= 4 is 27.7 Å². The number of hydrogen-bond donors (Lipinski definition) is 1. The van der Waals surface area contributed by atoms with E-state index in [2.05, 4.69) is 65.0 Å². The van der Waals surface area contributed by atoms with Crippen LogP contribution < -0.4 is 0 Å². The summed E-state index contributed by atoms with van der Waals surface area (Å²) < 4.78 is 6.49. The van der Waals surface area contributed by atoms with Crippen LogP contribution in [0.4, 0.5) is 0 Å². The number of rotatable bonds is 8. The molecule has 0 atom stereocenters. The van der Waals surface area contributed by atoms with Gasteiger partial charge in [0.05, 0.1) is 5.76 Å². The second-order valence-corrected chi connectivity index (χ2v) is 12.2. The number of aliphatic hydroxyl groups is 1. The van der Waals surface area contributed by atoms with Gasteiger partial charge in [-0.1, -0.05) is 67.5 Å². The first-order valence-electron chi connectivity index (χ1n) is 15.3. The molecule has 42 heavy (non-hydrogen) atoms.